The summed E-state index contributed by atoms with van der Waals surface area (Å²) in [6.45, 7) is 0. The van der Waals surface area contributed by atoms with Crippen LogP contribution < -0.4 is 4.74 Å². The molecule has 0 aliphatic carbocycles. The molecule has 0 atom stereocenters. The molecule has 82 valence electrons. The van der Waals surface area contributed by atoms with E-state index in [0.29, 0.717) is 4.47 Å². The van der Waals surface area contributed by atoms with E-state index in [0.717, 1.165) is 16.9 Å². The van der Waals surface area contributed by atoms with Gasteiger partial charge in [0.2, 0.25) is 0 Å². The Balaban J connectivity index is 2.38. The molecule has 0 amide bonds. The summed E-state index contributed by atoms with van der Waals surface area (Å²) in [4.78, 5) is 0. The molecule has 3 heteroatoms. The van der Waals surface area contributed by atoms with Crippen molar-refractivity contribution in [3.63, 3.8) is 0 Å². The highest BCUT2D eigenvalue weighted by atomic mass is 79.9. The summed E-state index contributed by atoms with van der Waals surface area (Å²) in [5.41, 5.74) is 2.00. The highest BCUT2D eigenvalue weighted by Gasteiger charge is 2.02. The molecular weight excluding hydrogens is 271 g/mol. The van der Waals surface area contributed by atoms with Crippen molar-refractivity contribution in [1.82, 2.24) is 0 Å². The molecule has 2 rings (SSSR count). The van der Waals surface area contributed by atoms with Gasteiger partial charge in [0.15, 0.2) is 0 Å². The molecule has 2 aromatic carbocycles. The first kappa shape index (κ1) is 11.1. The average molecular weight is 281 g/mol. The van der Waals surface area contributed by atoms with E-state index in [1.54, 1.807) is 19.2 Å². The smallest absolute Gasteiger partial charge is 0.137 e. The Hall–Kier alpha value is -1.35. The van der Waals surface area contributed by atoms with Crippen LogP contribution >= 0.6 is 15.9 Å². The maximum absolute atomic E-state index is 13.1. The summed E-state index contributed by atoms with van der Waals surface area (Å²) < 4.78 is 18.6. The van der Waals surface area contributed by atoms with Gasteiger partial charge in [-0.2, -0.15) is 0 Å². The number of hydrogen-bond acceptors (Lipinski definition) is 1. The van der Waals surface area contributed by atoms with Crippen LogP contribution in [0.4, 0.5) is 4.39 Å². The molecule has 0 saturated carbocycles. The highest BCUT2D eigenvalue weighted by Crippen LogP contribution is 2.26. The maximum Gasteiger partial charge on any atom is 0.137 e. The van der Waals surface area contributed by atoms with E-state index in [4.69, 9.17) is 4.74 Å². The van der Waals surface area contributed by atoms with Crippen molar-refractivity contribution >= 4 is 15.9 Å². The summed E-state index contributed by atoms with van der Waals surface area (Å²) in [5, 5.41) is 0. The van der Waals surface area contributed by atoms with Crippen LogP contribution in [0, 0.1) is 5.82 Å². The molecule has 0 unspecified atom stereocenters. The largest absolute Gasteiger partial charge is 0.497 e. The molecule has 16 heavy (non-hydrogen) atoms. The maximum atomic E-state index is 13.1. The number of rotatable bonds is 2. The lowest BCUT2D eigenvalue weighted by Crippen LogP contribution is -1.84. The molecule has 0 radical (unpaired) electrons. The van der Waals surface area contributed by atoms with E-state index in [1.165, 1.54) is 6.07 Å². The Morgan fingerprint density at radius 3 is 2.19 bits per heavy atom. The van der Waals surface area contributed by atoms with Crippen molar-refractivity contribution in [2.75, 3.05) is 7.11 Å². The van der Waals surface area contributed by atoms with Crippen LogP contribution in [0.25, 0.3) is 11.1 Å². The first-order chi connectivity index (χ1) is 7.70. The van der Waals surface area contributed by atoms with Gasteiger partial charge in [-0.3, -0.25) is 0 Å². The van der Waals surface area contributed by atoms with Gasteiger partial charge in [-0.05, 0) is 51.3 Å². The summed E-state index contributed by atoms with van der Waals surface area (Å²) in [7, 11) is 1.63. The molecule has 0 bridgehead atoms. The third kappa shape index (κ3) is 2.25. The topological polar surface area (TPSA) is 9.23 Å². The second kappa shape index (κ2) is 4.66. The summed E-state index contributed by atoms with van der Waals surface area (Å²) >= 11 is 3.17. The van der Waals surface area contributed by atoms with Gasteiger partial charge >= 0.3 is 0 Å². The molecule has 0 aliphatic rings. The summed E-state index contributed by atoms with van der Waals surface area (Å²) in [5.74, 6) is 0.558. The van der Waals surface area contributed by atoms with Gasteiger partial charge in [-0.15, -0.1) is 0 Å². The molecule has 0 fully saturated rings. The van der Waals surface area contributed by atoms with E-state index in [-0.39, 0.29) is 5.82 Å². The lowest BCUT2D eigenvalue weighted by molar-refractivity contribution is 0.415. The predicted octanol–water partition coefficient (Wildman–Crippen LogP) is 4.26. The highest BCUT2D eigenvalue weighted by molar-refractivity contribution is 9.10. The van der Waals surface area contributed by atoms with Crippen molar-refractivity contribution < 1.29 is 9.13 Å². The van der Waals surface area contributed by atoms with E-state index in [1.807, 2.05) is 24.3 Å². The van der Waals surface area contributed by atoms with Crippen LogP contribution in [-0.4, -0.2) is 7.11 Å². The van der Waals surface area contributed by atoms with Crippen molar-refractivity contribution in [2.45, 2.75) is 0 Å². The van der Waals surface area contributed by atoms with Gasteiger partial charge in [-0.1, -0.05) is 18.2 Å². The van der Waals surface area contributed by atoms with Crippen LogP contribution in [-0.2, 0) is 0 Å². The van der Waals surface area contributed by atoms with Gasteiger partial charge in [0.05, 0.1) is 11.6 Å². The van der Waals surface area contributed by atoms with Gasteiger partial charge in [0, 0.05) is 0 Å². The second-order valence-corrected chi connectivity index (χ2v) is 4.21. The lowest BCUT2D eigenvalue weighted by Gasteiger charge is -2.04. The fraction of sp³-hybridized carbons (Fsp3) is 0.0769. The minimum Gasteiger partial charge on any atom is -0.497 e. The number of benzene rings is 2. The summed E-state index contributed by atoms with van der Waals surface area (Å²) in [6, 6.07) is 12.6. The van der Waals surface area contributed by atoms with Gasteiger partial charge < -0.3 is 4.74 Å². The fourth-order valence-corrected chi connectivity index (χ4v) is 1.84. The molecule has 0 aromatic heterocycles. The molecular formula is C13H10BrFO. The van der Waals surface area contributed by atoms with Gasteiger partial charge in [-0.25, -0.2) is 4.39 Å². The first-order valence-corrected chi connectivity index (χ1v) is 5.59. The van der Waals surface area contributed by atoms with Crippen LogP contribution in [0.2, 0.25) is 0 Å². The lowest BCUT2D eigenvalue weighted by atomic mass is 10.1. The quantitative estimate of drug-likeness (QED) is 0.799. The SMILES string of the molecule is COc1ccc(-c2ccc(F)c(Br)c2)cc1. The minimum atomic E-state index is -0.253. The van der Waals surface area contributed by atoms with E-state index in [9.17, 15) is 4.39 Å². The molecule has 0 heterocycles. The number of hydrogen-bond donors (Lipinski definition) is 0. The zero-order chi connectivity index (χ0) is 11.5. The predicted molar refractivity (Wildman–Crippen MR) is 66.1 cm³/mol. The van der Waals surface area contributed by atoms with Crippen LogP contribution in [0.5, 0.6) is 5.75 Å². The number of halogens is 2. The van der Waals surface area contributed by atoms with E-state index >= 15 is 0 Å². The average Bonchev–Trinajstić information content (AvgIpc) is 2.33. The minimum absolute atomic E-state index is 0.253. The Kier molecular flexibility index (Phi) is 3.25. The molecule has 0 aliphatic heterocycles. The van der Waals surface area contributed by atoms with E-state index in [2.05, 4.69) is 15.9 Å². The summed E-state index contributed by atoms with van der Waals surface area (Å²) in [6.07, 6.45) is 0. The van der Waals surface area contributed by atoms with E-state index < -0.39 is 0 Å². The number of ether oxygens (including phenoxy) is 1. The van der Waals surface area contributed by atoms with Crippen LogP contribution in [0.15, 0.2) is 46.9 Å². The monoisotopic (exact) mass is 280 g/mol. The number of methoxy groups -OCH3 is 1. The molecule has 0 saturated heterocycles. The third-order valence-electron chi connectivity index (χ3n) is 2.34. The Morgan fingerprint density at radius 1 is 1.00 bits per heavy atom. The Morgan fingerprint density at radius 2 is 1.62 bits per heavy atom. The van der Waals surface area contributed by atoms with Crippen molar-refractivity contribution in [1.29, 1.82) is 0 Å². The molecule has 1 nitrogen and oxygen atoms in total. The normalized spacial score (nSPS) is 10.2. The molecule has 2 aromatic rings. The van der Waals surface area contributed by atoms with Crippen molar-refractivity contribution in [3.8, 4) is 16.9 Å². The molecule has 0 spiro atoms. The van der Waals surface area contributed by atoms with Crippen molar-refractivity contribution in [3.05, 3.63) is 52.8 Å². The Labute approximate surface area is 102 Å². The van der Waals surface area contributed by atoms with Crippen molar-refractivity contribution in [2.24, 2.45) is 0 Å². The third-order valence-corrected chi connectivity index (χ3v) is 2.95. The second-order valence-electron chi connectivity index (χ2n) is 3.36. The standard InChI is InChI=1S/C13H10BrFO/c1-16-11-5-2-9(3-6-11)10-4-7-13(15)12(14)8-10/h2-8H,1H3. The fourth-order valence-electron chi connectivity index (χ4n) is 1.46. The van der Waals surface area contributed by atoms with Crippen LogP contribution in [0.3, 0.4) is 0 Å². The zero-order valence-corrected chi connectivity index (χ0v) is 10.3. The Bertz CT molecular complexity index is 494. The van der Waals surface area contributed by atoms with Gasteiger partial charge in [0.1, 0.15) is 11.6 Å². The first-order valence-electron chi connectivity index (χ1n) is 4.80. The van der Waals surface area contributed by atoms with Gasteiger partial charge in [0.25, 0.3) is 0 Å². The van der Waals surface area contributed by atoms with Crippen LogP contribution in [0.1, 0.15) is 0 Å². The molecule has 0 N–H and O–H groups in total. The zero-order valence-electron chi connectivity index (χ0n) is 8.71.